The van der Waals surface area contributed by atoms with Crippen molar-refractivity contribution in [2.45, 2.75) is 6.42 Å². The van der Waals surface area contributed by atoms with E-state index in [0.717, 1.165) is 0 Å². The van der Waals surface area contributed by atoms with Crippen molar-refractivity contribution < 1.29 is 19.8 Å². The number of carboxylic acids is 1. The quantitative estimate of drug-likeness (QED) is 0.675. The number of carboxylic acid groups (broad SMARTS) is 1. The molecule has 0 aliphatic rings. The minimum absolute atomic E-state index is 0.0451. The van der Waals surface area contributed by atoms with E-state index in [0.29, 0.717) is 11.8 Å². The molecule has 1 rings (SSSR count). The Balaban J connectivity index is 3.05. The number of aldehydes is 1. The number of benzene rings is 1. The number of carbonyl (C=O) groups excluding carboxylic acids is 1. The highest BCUT2D eigenvalue weighted by Crippen LogP contribution is 2.15. The first-order valence-corrected chi connectivity index (χ1v) is 3.62. The van der Waals surface area contributed by atoms with E-state index in [4.69, 9.17) is 10.2 Å². The summed E-state index contributed by atoms with van der Waals surface area (Å²) in [4.78, 5) is 20.8. The van der Waals surface area contributed by atoms with Gasteiger partial charge >= 0.3 is 5.97 Å². The highest BCUT2D eigenvalue weighted by atomic mass is 16.4. The van der Waals surface area contributed by atoms with Crippen LogP contribution >= 0.6 is 0 Å². The molecule has 4 nitrogen and oxygen atoms in total. The van der Waals surface area contributed by atoms with Gasteiger partial charge in [-0.2, -0.15) is 0 Å². The average molecular weight is 180 g/mol. The minimum atomic E-state index is -1.01. The third kappa shape index (κ3) is 2.30. The highest BCUT2D eigenvalue weighted by Gasteiger charge is 2.06. The molecule has 4 heteroatoms. The smallest absolute Gasteiger partial charge is 0.307 e. The second kappa shape index (κ2) is 3.71. The molecule has 68 valence electrons. The van der Waals surface area contributed by atoms with Crippen LogP contribution in [0.25, 0.3) is 0 Å². The molecule has 0 saturated heterocycles. The van der Waals surface area contributed by atoms with Gasteiger partial charge in [0.1, 0.15) is 12.0 Å². The van der Waals surface area contributed by atoms with Gasteiger partial charge in [0.2, 0.25) is 0 Å². The Morgan fingerprint density at radius 2 is 2.15 bits per heavy atom. The maximum Gasteiger partial charge on any atom is 0.307 e. The average Bonchev–Trinajstić information content (AvgIpc) is 2.07. The molecule has 0 unspecified atom stereocenters. The molecule has 0 heterocycles. The van der Waals surface area contributed by atoms with E-state index in [1.54, 1.807) is 0 Å². The summed E-state index contributed by atoms with van der Waals surface area (Å²) in [5.41, 5.74) is 0.614. The number of hydrogen-bond acceptors (Lipinski definition) is 3. The molecule has 1 aromatic carbocycles. The van der Waals surface area contributed by atoms with Crippen molar-refractivity contribution >= 4 is 12.3 Å². The molecule has 0 aliphatic heterocycles. The molecule has 0 radical (unpaired) electrons. The van der Waals surface area contributed by atoms with Gasteiger partial charge in [-0.15, -0.1) is 0 Å². The Morgan fingerprint density at radius 1 is 1.46 bits per heavy atom. The molecule has 0 spiro atoms. The van der Waals surface area contributed by atoms with E-state index >= 15 is 0 Å². The Hall–Kier alpha value is -1.84. The van der Waals surface area contributed by atoms with Crippen LogP contribution in [0.4, 0.5) is 0 Å². The van der Waals surface area contributed by atoms with Crippen LogP contribution < -0.4 is 0 Å². The summed E-state index contributed by atoms with van der Waals surface area (Å²) >= 11 is 0. The molecule has 0 aromatic heterocycles. The maximum atomic E-state index is 10.5. The maximum absolute atomic E-state index is 10.5. The number of phenolic OH excluding ortho intramolecular Hbond substituents is 1. The molecule has 13 heavy (non-hydrogen) atoms. The fraction of sp³-hybridized carbons (Fsp3) is 0.111. The number of aromatic hydroxyl groups is 1. The minimum Gasteiger partial charge on any atom is -0.508 e. The zero-order chi connectivity index (χ0) is 9.84. The van der Waals surface area contributed by atoms with Gasteiger partial charge in [0, 0.05) is 5.56 Å². The molecule has 0 saturated carbocycles. The lowest BCUT2D eigenvalue weighted by atomic mass is 10.1. The van der Waals surface area contributed by atoms with Crippen molar-refractivity contribution in [1.82, 2.24) is 0 Å². The van der Waals surface area contributed by atoms with Gasteiger partial charge in [0.25, 0.3) is 0 Å². The fourth-order valence-electron chi connectivity index (χ4n) is 1.02. The van der Waals surface area contributed by atoms with Crippen LogP contribution in [0.1, 0.15) is 15.9 Å². The van der Waals surface area contributed by atoms with Crippen molar-refractivity contribution in [2.24, 2.45) is 0 Å². The fourth-order valence-corrected chi connectivity index (χ4v) is 1.02. The van der Waals surface area contributed by atoms with Gasteiger partial charge in [-0.25, -0.2) is 0 Å². The van der Waals surface area contributed by atoms with Gasteiger partial charge in [0.05, 0.1) is 6.42 Å². The van der Waals surface area contributed by atoms with Gasteiger partial charge in [-0.3, -0.25) is 9.59 Å². The number of rotatable bonds is 3. The van der Waals surface area contributed by atoms with Gasteiger partial charge in [-0.1, -0.05) is 6.07 Å². The summed E-state index contributed by atoms with van der Waals surface area (Å²) in [5, 5.41) is 17.5. The Labute approximate surface area is 74.4 Å². The van der Waals surface area contributed by atoms with Crippen LogP contribution in [-0.2, 0) is 11.2 Å². The normalized spacial score (nSPS) is 9.54. The zero-order valence-electron chi connectivity index (χ0n) is 6.73. The Morgan fingerprint density at radius 3 is 2.69 bits per heavy atom. The van der Waals surface area contributed by atoms with Crippen LogP contribution in [0.5, 0.6) is 5.75 Å². The lowest BCUT2D eigenvalue weighted by Gasteiger charge is -2.01. The molecule has 0 bridgehead atoms. The van der Waals surface area contributed by atoms with E-state index in [1.807, 2.05) is 0 Å². The summed E-state index contributed by atoms with van der Waals surface area (Å²) in [7, 11) is 0. The summed E-state index contributed by atoms with van der Waals surface area (Å²) in [6, 6.07) is 4.02. The third-order valence-corrected chi connectivity index (χ3v) is 1.60. The molecule has 0 atom stereocenters. The standard InChI is InChI=1S/C9H8O4/c10-5-7-3-8(11)2-1-6(7)4-9(12)13/h1-3,5,11H,4H2,(H,12,13). The van der Waals surface area contributed by atoms with E-state index < -0.39 is 5.97 Å². The van der Waals surface area contributed by atoms with Crippen molar-refractivity contribution in [3.63, 3.8) is 0 Å². The largest absolute Gasteiger partial charge is 0.508 e. The zero-order valence-corrected chi connectivity index (χ0v) is 6.73. The molecular formula is C9H8O4. The number of carbonyl (C=O) groups is 2. The predicted octanol–water partition coefficient (Wildman–Crippen LogP) is 0.832. The second-order valence-electron chi connectivity index (χ2n) is 2.57. The molecule has 0 fully saturated rings. The topological polar surface area (TPSA) is 74.6 Å². The molecular weight excluding hydrogens is 172 g/mol. The molecule has 0 aliphatic carbocycles. The van der Waals surface area contributed by atoms with Crippen molar-refractivity contribution in [3.05, 3.63) is 29.3 Å². The summed E-state index contributed by atoms with van der Waals surface area (Å²) in [5.74, 6) is -1.05. The first-order chi connectivity index (χ1) is 6.13. The first-order valence-electron chi connectivity index (χ1n) is 3.62. The van der Waals surface area contributed by atoms with Gasteiger partial charge in [0.15, 0.2) is 0 Å². The van der Waals surface area contributed by atoms with Crippen LogP contribution in [0.2, 0.25) is 0 Å². The van der Waals surface area contributed by atoms with Gasteiger partial charge < -0.3 is 10.2 Å². The summed E-state index contributed by atoms with van der Waals surface area (Å²) in [6.45, 7) is 0. The van der Waals surface area contributed by atoms with Crippen LogP contribution in [0.3, 0.4) is 0 Å². The van der Waals surface area contributed by atoms with Crippen molar-refractivity contribution in [3.8, 4) is 5.75 Å². The summed E-state index contributed by atoms with van der Waals surface area (Å²) in [6.07, 6.45) is 0.312. The van der Waals surface area contributed by atoms with E-state index in [2.05, 4.69) is 0 Å². The van der Waals surface area contributed by atoms with Crippen LogP contribution in [0, 0.1) is 0 Å². The SMILES string of the molecule is O=Cc1cc(O)ccc1CC(=O)O. The van der Waals surface area contributed by atoms with Crippen molar-refractivity contribution in [1.29, 1.82) is 0 Å². The number of hydrogen-bond donors (Lipinski definition) is 2. The molecule has 0 amide bonds. The van der Waals surface area contributed by atoms with Crippen molar-refractivity contribution in [2.75, 3.05) is 0 Å². The molecule has 1 aromatic rings. The van der Waals surface area contributed by atoms with E-state index in [9.17, 15) is 9.59 Å². The third-order valence-electron chi connectivity index (χ3n) is 1.60. The number of phenols is 1. The molecule has 2 N–H and O–H groups in total. The van der Waals surface area contributed by atoms with Crippen LogP contribution in [0.15, 0.2) is 18.2 Å². The predicted molar refractivity (Wildman–Crippen MR) is 44.8 cm³/mol. The second-order valence-corrected chi connectivity index (χ2v) is 2.57. The Kier molecular flexibility index (Phi) is 2.64. The van der Waals surface area contributed by atoms with Gasteiger partial charge in [-0.05, 0) is 17.7 Å². The Bertz CT molecular complexity index is 343. The lowest BCUT2D eigenvalue weighted by Crippen LogP contribution is -2.02. The monoisotopic (exact) mass is 180 g/mol. The first kappa shape index (κ1) is 9.25. The number of aliphatic carboxylic acids is 1. The van der Waals surface area contributed by atoms with E-state index in [-0.39, 0.29) is 17.7 Å². The van der Waals surface area contributed by atoms with Crippen LogP contribution in [-0.4, -0.2) is 22.5 Å². The summed E-state index contributed by atoms with van der Waals surface area (Å²) < 4.78 is 0. The van der Waals surface area contributed by atoms with E-state index in [1.165, 1.54) is 18.2 Å². The lowest BCUT2D eigenvalue weighted by molar-refractivity contribution is -0.136. The highest BCUT2D eigenvalue weighted by molar-refractivity contribution is 5.81.